The maximum atomic E-state index is 12.0. The van der Waals surface area contributed by atoms with Crippen LogP contribution in [0.25, 0.3) is 0 Å². The van der Waals surface area contributed by atoms with Crippen LogP contribution in [0.1, 0.15) is 21.5 Å². The van der Waals surface area contributed by atoms with Crippen molar-refractivity contribution in [2.24, 2.45) is 0 Å². The number of aliphatic hydroxyl groups excluding tert-OH is 3. The summed E-state index contributed by atoms with van der Waals surface area (Å²) in [7, 11) is 0. The van der Waals surface area contributed by atoms with Gasteiger partial charge in [-0.25, -0.2) is 0 Å². The maximum absolute atomic E-state index is 12.0. The summed E-state index contributed by atoms with van der Waals surface area (Å²) < 4.78 is 0. The average Bonchev–Trinajstić information content (AvgIpc) is 2.39. The van der Waals surface area contributed by atoms with Gasteiger partial charge < -0.3 is 20.6 Å². The van der Waals surface area contributed by atoms with Crippen molar-refractivity contribution in [2.45, 2.75) is 19.4 Å². The standard InChI is InChI=1S/C13H19NO4/c1-9-3-4-11(5-10(9)2)12(18)14-13(6-15,7-16)8-17/h3-5,15-17H,6-8H2,1-2H3,(H,14,18). The van der Waals surface area contributed by atoms with E-state index < -0.39 is 31.3 Å². The van der Waals surface area contributed by atoms with E-state index in [9.17, 15) is 4.79 Å². The Balaban J connectivity index is 2.90. The third kappa shape index (κ3) is 3.07. The van der Waals surface area contributed by atoms with Crippen molar-refractivity contribution >= 4 is 5.91 Å². The highest BCUT2D eigenvalue weighted by atomic mass is 16.3. The van der Waals surface area contributed by atoms with Crippen LogP contribution in [0.4, 0.5) is 0 Å². The third-order valence-electron chi connectivity index (χ3n) is 3.06. The second kappa shape index (κ2) is 5.95. The van der Waals surface area contributed by atoms with Crippen molar-refractivity contribution in [3.8, 4) is 0 Å². The second-order valence-electron chi connectivity index (χ2n) is 4.51. The number of carbonyl (C=O) groups is 1. The summed E-state index contributed by atoms with van der Waals surface area (Å²) in [4.78, 5) is 12.0. The van der Waals surface area contributed by atoms with Crippen molar-refractivity contribution in [2.75, 3.05) is 19.8 Å². The predicted molar refractivity (Wildman–Crippen MR) is 67.4 cm³/mol. The number of hydrogen-bond donors (Lipinski definition) is 4. The molecule has 5 nitrogen and oxygen atoms in total. The maximum Gasteiger partial charge on any atom is 0.251 e. The summed E-state index contributed by atoms with van der Waals surface area (Å²) in [6, 6.07) is 5.21. The fourth-order valence-corrected chi connectivity index (χ4v) is 1.46. The summed E-state index contributed by atoms with van der Waals surface area (Å²) in [5.41, 5.74) is 1.09. The molecule has 0 atom stereocenters. The van der Waals surface area contributed by atoms with Crippen LogP contribution in [0.2, 0.25) is 0 Å². The van der Waals surface area contributed by atoms with Gasteiger partial charge in [0, 0.05) is 5.56 Å². The van der Waals surface area contributed by atoms with E-state index in [4.69, 9.17) is 15.3 Å². The first kappa shape index (κ1) is 14.6. The number of aliphatic hydroxyl groups is 3. The first-order valence-electron chi connectivity index (χ1n) is 5.70. The molecule has 0 unspecified atom stereocenters. The van der Waals surface area contributed by atoms with Gasteiger partial charge in [0.1, 0.15) is 5.54 Å². The Morgan fingerprint density at radius 3 is 2.11 bits per heavy atom. The zero-order chi connectivity index (χ0) is 13.8. The molecular formula is C13H19NO4. The molecule has 1 aromatic carbocycles. The molecule has 0 radical (unpaired) electrons. The number of amides is 1. The normalized spacial score (nSPS) is 11.4. The third-order valence-corrected chi connectivity index (χ3v) is 3.06. The Hall–Kier alpha value is -1.43. The Morgan fingerprint density at radius 2 is 1.67 bits per heavy atom. The number of benzene rings is 1. The van der Waals surface area contributed by atoms with E-state index in [1.54, 1.807) is 12.1 Å². The minimum atomic E-state index is -1.39. The highest BCUT2D eigenvalue weighted by Crippen LogP contribution is 2.11. The first-order valence-corrected chi connectivity index (χ1v) is 5.70. The molecule has 1 amide bonds. The molecule has 4 N–H and O–H groups in total. The van der Waals surface area contributed by atoms with E-state index in [2.05, 4.69) is 5.32 Å². The molecule has 0 bridgehead atoms. The molecule has 0 aliphatic heterocycles. The van der Waals surface area contributed by atoms with Gasteiger partial charge in [0.05, 0.1) is 19.8 Å². The lowest BCUT2D eigenvalue weighted by Gasteiger charge is -2.28. The molecule has 18 heavy (non-hydrogen) atoms. The topological polar surface area (TPSA) is 89.8 Å². The Kier molecular flexibility index (Phi) is 4.84. The molecule has 0 spiro atoms. The van der Waals surface area contributed by atoms with Crippen LogP contribution >= 0.6 is 0 Å². The molecule has 0 fully saturated rings. The zero-order valence-corrected chi connectivity index (χ0v) is 10.6. The van der Waals surface area contributed by atoms with Gasteiger partial charge in [-0.1, -0.05) is 6.07 Å². The highest BCUT2D eigenvalue weighted by molar-refractivity contribution is 5.95. The van der Waals surface area contributed by atoms with Crippen LogP contribution in [0.5, 0.6) is 0 Å². The highest BCUT2D eigenvalue weighted by Gasteiger charge is 2.30. The summed E-state index contributed by atoms with van der Waals surface area (Å²) >= 11 is 0. The van der Waals surface area contributed by atoms with Crippen molar-refractivity contribution in [3.63, 3.8) is 0 Å². The quantitative estimate of drug-likeness (QED) is 0.582. The van der Waals surface area contributed by atoms with Gasteiger partial charge in [-0.15, -0.1) is 0 Å². The van der Waals surface area contributed by atoms with Gasteiger partial charge >= 0.3 is 0 Å². The van der Waals surface area contributed by atoms with Crippen LogP contribution in [0.3, 0.4) is 0 Å². The van der Waals surface area contributed by atoms with E-state index in [-0.39, 0.29) is 0 Å². The summed E-state index contributed by atoms with van der Waals surface area (Å²) in [5, 5.41) is 29.9. The fourth-order valence-electron chi connectivity index (χ4n) is 1.46. The van der Waals surface area contributed by atoms with Crippen LogP contribution in [0, 0.1) is 13.8 Å². The molecule has 0 saturated carbocycles. The lowest BCUT2D eigenvalue weighted by atomic mass is 10.0. The Morgan fingerprint density at radius 1 is 1.11 bits per heavy atom. The molecule has 100 valence electrons. The van der Waals surface area contributed by atoms with E-state index in [0.717, 1.165) is 11.1 Å². The van der Waals surface area contributed by atoms with Crippen molar-refractivity contribution in [1.29, 1.82) is 0 Å². The molecule has 5 heteroatoms. The molecule has 1 rings (SSSR count). The smallest absolute Gasteiger partial charge is 0.251 e. The number of carbonyl (C=O) groups excluding carboxylic acids is 1. The molecule has 0 heterocycles. The lowest BCUT2D eigenvalue weighted by Crippen LogP contribution is -2.57. The fraction of sp³-hybridized carbons (Fsp3) is 0.462. The van der Waals surface area contributed by atoms with Gasteiger partial charge in [-0.2, -0.15) is 0 Å². The van der Waals surface area contributed by atoms with Gasteiger partial charge in [-0.05, 0) is 37.1 Å². The second-order valence-corrected chi connectivity index (χ2v) is 4.51. The largest absolute Gasteiger partial charge is 0.394 e. The SMILES string of the molecule is Cc1ccc(C(=O)NC(CO)(CO)CO)cc1C. The number of aryl methyl sites for hydroxylation is 2. The average molecular weight is 253 g/mol. The lowest BCUT2D eigenvalue weighted by molar-refractivity contribution is 0.0375. The summed E-state index contributed by atoms with van der Waals surface area (Å²) in [5.74, 6) is -0.435. The zero-order valence-electron chi connectivity index (χ0n) is 10.6. The van der Waals surface area contributed by atoms with Crippen molar-refractivity contribution < 1.29 is 20.1 Å². The number of hydrogen-bond acceptors (Lipinski definition) is 4. The van der Waals surface area contributed by atoms with Gasteiger partial charge in [-0.3, -0.25) is 4.79 Å². The van der Waals surface area contributed by atoms with Crippen molar-refractivity contribution in [3.05, 3.63) is 34.9 Å². The van der Waals surface area contributed by atoms with Crippen LogP contribution < -0.4 is 5.32 Å². The Bertz CT molecular complexity index is 419. The minimum Gasteiger partial charge on any atom is -0.394 e. The van der Waals surface area contributed by atoms with Crippen LogP contribution in [-0.2, 0) is 0 Å². The van der Waals surface area contributed by atoms with Gasteiger partial charge in [0.25, 0.3) is 5.91 Å². The monoisotopic (exact) mass is 253 g/mol. The molecule has 0 aliphatic rings. The van der Waals surface area contributed by atoms with E-state index in [1.165, 1.54) is 0 Å². The molecule has 0 aliphatic carbocycles. The summed E-state index contributed by atoms with van der Waals surface area (Å²) in [6.45, 7) is 2.24. The molecule has 0 aromatic heterocycles. The summed E-state index contributed by atoms with van der Waals surface area (Å²) in [6.07, 6.45) is 0. The van der Waals surface area contributed by atoms with E-state index in [1.807, 2.05) is 19.9 Å². The Labute approximate surface area is 106 Å². The van der Waals surface area contributed by atoms with Gasteiger partial charge in [0.2, 0.25) is 0 Å². The molecular weight excluding hydrogens is 234 g/mol. The molecule has 0 saturated heterocycles. The van der Waals surface area contributed by atoms with E-state index >= 15 is 0 Å². The van der Waals surface area contributed by atoms with E-state index in [0.29, 0.717) is 5.56 Å². The molecule has 1 aromatic rings. The van der Waals surface area contributed by atoms with Crippen molar-refractivity contribution in [1.82, 2.24) is 5.32 Å². The number of nitrogens with one attached hydrogen (secondary N) is 1. The minimum absolute atomic E-state index is 0.429. The first-order chi connectivity index (χ1) is 8.48. The predicted octanol–water partition coefficient (Wildman–Crippen LogP) is -0.251. The van der Waals surface area contributed by atoms with Crippen LogP contribution in [0.15, 0.2) is 18.2 Å². The van der Waals surface area contributed by atoms with Gasteiger partial charge in [0.15, 0.2) is 0 Å². The van der Waals surface area contributed by atoms with Crippen LogP contribution in [-0.4, -0.2) is 46.6 Å². The number of rotatable bonds is 5.